The number of hydrogen-bond donors (Lipinski definition) is 1. The van der Waals surface area contributed by atoms with Crippen molar-refractivity contribution in [1.29, 1.82) is 0 Å². The number of aryl methyl sites for hydroxylation is 1. The molecule has 1 aliphatic carbocycles. The zero-order chi connectivity index (χ0) is 24.7. The summed E-state index contributed by atoms with van der Waals surface area (Å²) >= 11 is 0. The maximum absolute atomic E-state index is 13.7. The van der Waals surface area contributed by atoms with Crippen LogP contribution in [0.2, 0.25) is 0 Å². The first-order valence-electron chi connectivity index (χ1n) is 12.6. The molecule has 9 heteroatoms. The Hall–Kier alpha value is -2.94. The smallest absolute Gasteiger partial charge is 0.274 e. The van der Waals surface area contributed by atoms with E-state index in [9.17, 15) is 19.1 Å². The highest BCUT2D eigenvalue weighted by molar-refractivity contribution is 5.94. The van der Waals surface area contributed by atoms with Crippen LogP contribution in [0.25, 0.3) is 0 Å². The van der Waals surface area contributed by atoms with E-state index in [4.69, 9.17) is 0 Å². The van der Waals surface area contributed by atoms with Gasteiger partial charge in [-0.1, -0.05) is 12.1 Å². The number of anilines is 1. The fraction of sp³-hybridized carbons (Fsp3) is 0.577. The van der Waals surface area contributed by atoms with Gasteiger partial charge >= 0.3 is 0 Å². The van der Waals surface area contributed by atoms with Gasteiger partial charge in [0.25, 0.3) is 5.91 Å². The molecule has 1 aromatic heterocycles. The molecule has 2 fully saturated rings. The first kappa shape index (κ1) is 23.8. The molecule has 3 aliphatic rings. The lowest BCUT2D eigenvalue weighted by Gasteiger charge is -2.37. The average Bonchev–Trinajstić information content (AvgIpc) is 3.46. The van der Waals surface area contributed by atoms with Gasteiger partial charge in [0.2, 0.25) is 5.91 Å². The number of aromatic nitrogens is 2. The Labute approximate surface area is 205 Å². The molecule has 2 saturated heterocycles. The molecular formula is C26H34FN5O3. The van der Waals surface area contributed by atoms with Crippen molar-refractivity contribution >= 4 is 17.5 Å². The van der Waals surface area contributed by atoms with E-state index in [0.29, 0.717) is 18.8 Å². The molecule has 2 amide bonds. The Balaban J connectivity index is 1.25. The number of alkyl halides is 1. The van der Waals surface area contributed by atoms with E-state index in [1.165, 1.54) is 21.7 Å². The van der Waals surface area contributed by atoms with Crippen molar-refractivity contribution in [3.63, 3.8) is 0 Å². The van der Waals surface area contributed by atoms with E-state index < -0.39 is 12.3 Å². The van der Waals surface area contributed by atoms with Crippen LogP contribution >= 0.6 is 0 Å². The van der Waals surface area contributed by atoms with E-state index in [1.54, 1.807) is 4.68 Å². The van der Waals surface area contributed by atoms with Gasteiger partial charge in [-0.2, -0.15) is 5.10 Å². The number of nitrogens with zero attached hydrogens (tertiary/aromatic N) is 5. The minimum absolute atomic E-state index is 0.00970. The molecule has 3 heterocycles. The summed E-state index contributed by atoms with van der Waals surface area (Å²) in [4.78, 5) is 32.0. The van der Waals surface area contributed by atoms with E-state index in [0.717, 1.165) is 43.6 Å². The molecule has 35 heavy (non-hydrogen) atoms. The van der Waals surface area contributed by atoms with Crippen LogP contribution in [0.3, 0.4) is 0 Å². The molecule has 0 radical (unpaired) electrons. The van der Waals surface area contributed by atoms with Crippen LogP contribution in [0.1, 0.15) is 45.7 Å². The second-order valence-corrected chi connectivity index (χ2v) is 10.00. The third-order valence-corrected chi connectivity index (χ3v) is 7.83. The molecule has 8 nitrogen and oxygen atoms in total. The number of rotatable bonds is 4. The summed E-state index contributed by atoms with van der Waals surface area (Å²) in [6.45, 7) is 7.48. The van der Waals surface area contributed by atoms with Gasteiger partial charge in [0.15, 0.2) is 5.69 Å². The Morgan fingerprint density at radius 2 is 1.86 bits per heavy atom. The lowest BCUT2D eigenvalue weighted by Crippen LogP contribution is -2.50. The van der Waals surface area contributed by atoms with Gasteiger partial charge < -0.3 is 19.8 Å². The number of piperidine rings is 1. The minimum Gasteiger partial charge on any atom is -0.388 e. The maximum Gasteiger partial charge on any atom is 0.274 e. The molecule has 2 aromatic rings. The second kappa shape index (κ2) is 9.60. The predicted octanol–water partition coefficient (Wildman–Crippen LogP) is 1.88. The summed E-state index contributed by atoms with van der Waals surface area (Å²) in [5.74, 6) is -0.266. The monoisotopic (exact) mass is 483 g/mol. The molecule has 1 N–H and O–H groups in total. The van der Waals surface area contributed by atoms with Gasteiger partial charge in [-0.3, -0.25) is 14.3 Å². The number of carbonyl (C=O) groups is 2. The van der Waals surface area contributed by atoms with E-state index in [-0.39, 0.29) is 37.9 Å². The zero-order valence-corrected chi connectivity index (χ0v) is 20.5. The number of carbonyl (C=O) groups excluding carboxylic acids is 2. The highest BCUT2D eigenvalue weighted by Gasteiger charge is 2.35. The standard InChI is InChI=1S/C26H34FN5O3/c1-17-5-3-7-21(18(17)2)29-11-13-30(14-12-29)24(34)16-32-22-8-4-6-19(22)25(28-32)26(35)31-10-9-20(27)23(33)15-31/h3,5,7,20,23,33H,4,6,8-16H2,1-2H3. The van der Waals surface area contributed by atoms with Crippen LogP contribution in [-0.4, -0.2) is 88.0 Å². The predicted molar refractivity (Wildman–Crippen MR) is 130 cm³/mol. The number of amides is 2. The van der Waals surface area contributed by atoms with Crippen LogP contribution in [0, 0.1) is 13.8 Å². The topological polar surface area (TPSA) is 81.9 Å². The number of benzene rings is 1. The first-order chi connectivity index (χ1) is 16.8. The number of hydrogen-bond acceptors (Lipinski definition) is 5. The SMILES string of the molecule is Cc1cccc(N2CCN(C(=O)Cn3nc(C(=O)N4CCC(F)C(O)C4)c4c3CCC4)CC2)c1C. The van der Waals surface area contributed by atoms with E-state index in [1.807, 2.05) is 4.90 Å². The quantitative estimate of drug-likeness (QED) is 0.718. The van der Waals surface area contributed by atoms with Crippen molar-refractivity contribution in [3.05, 3.63) is 46.3 Å². The highest BCUT2D eigenvalue weighted by atomic mass is 19.1. The normalized spacial score (nSPS) is 22.5. The molecule has 1 aromatic carbocycles. The van der Waals surface area contributed by atoms with Gasteiger partial charge in [0.05, 0.1) is 0 Å². The molecule has 2 atom stereocenters. The van der Waals surface area contributed by atoms with Gasteiger partial charge in [-0.25, -0.2) is 4.39 Å². The van der Waals surface area contributed by atoms with Crippen molar-refractivity contribution in [2.45, 2.75) is 58.4 Å². The van der Waals surface area contributed by atoms with Crippen LogP contribution in [-0.2, 0) is 24.2 Å². The lowest BCUT2D eigenvalue weighted by atomic mass is 10.1. The summed E-state index contributed by atoms with van der Waals surface area (Å²) in [5, 5.41) is 14.4. The molecule has 0 spiro atoms. The number of halogens is 1. The third-order valence-electron chi connectivity index (χ3n) is 7.83. The van der Waals surface area contributed by atoms with Crippen molar-refractivity contribution in [3.8, 4) is 0 Å². The van der Waals surface area contributed by atoms with Crippen LogP contribution in [0.15, 0.2) is 18.2 Å². The van der Waals surface area contributed by atoms with Gasteiger partial charge in [-0.15, -0.1) is 0 Å². The van der Waals surface area contributed by atoms with Crippen molar-refractivity contribution < 1.29 is 19.1 Å². The molecule has 5 rings (SSSR count). The van der Waals surface area contributed by atoms with Crippen molar-refractivity contribution in [1.82, 2.24) is 19.6 Å². The number of aliphatic hydroxyl groups is 1. The summed E-state index contributed by atoms with van der Waals surface area (Å²) in [6.07, 6.45) is 0.134. The molecule has 0 bridgehead atoms. The molecule has 2 aliphatic heterocycles. The van der Waals surface area contributed by atoms with Gasteiger partial charge in [0.1, 0.15) is 18.8 Å². The summed E-state index contributed by atoms with van der Waals surface area (Å²) < 4.78 is 15.4. The van der Waals surface area contributed by atoms with Crippen molar-refractivity contribution in [2.24, 2.45) is 0 Å². The van der Waals surface area contributed by atoms with Crippen LogP contribution in [0.4, 0.5) is 10.1 Å². The number of aliphatic hydroxyl groups excluding tert-OH is 1. The fourth-order valence-electron chi connectivity index (χ4n) is 5.55. The number of piperazine rings is 1. The average molecular weight is 484 g/mol. The Bertz CT molecular complexity index is 1120. The Morgan fingerprint density at radius 1 is 1.09 bits per heavy atom. The van der Waals surface area contributed by atoms with Crippen molar-refractivity contribution in [2.75, 3.05) is 44.2 Å². The summed E-state index contributed by atoms with van der Waals surface area (Å²) in [5.41, 5.74) is 5.99. The third kappa shape index (κ3) is 4.53. The van der Waals surface area contributed by atoms with Crippen LogP contribution < -0.4 is 4.90 Å². The number of likely N-dealkylation sites (tertiary alicyclic amines) is 1. The minimum atomic E-state index is -1.30. The molecule has 0 saturated carbocycles. The molecule has 2 unspecified atom stereocenters. The van der Waals surface area contributed by atoms with Crippen LogP contribution in [0.5, 0.6) is 0 Å². The fourth-order valence-corrected chi connectivity index (χ4v) is 5.55. The van der Waals surface area contributed by atoms with Gasteiger partial charge in [0, 0.05) is 56.2 Å². The number of β-amino-alcohol motifs (C(OH)–C–C–N with tert-alkyl or cyclic N) is 1. The Kier molecular flexibility index (Phi) is 6.53. The van der Waals surface area contributed by atoms with E-state index in [2.05, 4.69) is 42.0 Å². The molecular weight excluding hydrogens is 449 g/mol. The highest BCUT2D eigenvalue weighted by Crippen LogP contribution is 2.28. The van der Waals surface area contributed by atoms with Gasteiger partial charge in [-0.05, 0) is 56.7 Å². The zero-order valence-electron chi connectivity index (χ0n) is 20.5. The lowest BCUT2D eigenvalue weighted by molar-refractivity contribution is -0.132. The maximum atomic E-state index is 13.7. The summed E-state index contributed by atoms with van der Waals surface area (Å²) in [6, 6.07) is 6.33. The Morgan fingerprint density at radius 3 is 2.60 bits per heavy atom. The van der Waals surface area contributed by atoms with E-state index >= 15 is 0 Å². The second-order valence-electron chi connectivity index (χ2n) is 10.00. The number of fused-ring (bicyclic) bond motifs is 1. The summed E-state index contributed by atoms with van der Waals surface area (Å²) in [7, 11) is 0. The first-order valence-corrected chi connectivity index (χ1v) is 12.6. The largest absolute Gasteiger partial charge is 0.388 e. The molecule has 188 valence electrons.